The monoisotopic (exact) mass is 521 g/mol. The van der Waals surface area contributed by atoms with E-state index in [1.54, 1.807) is 43.3 Å². The molecular weight excluding hydrogens is 489 g/mol. The summed E-state index contributed by atoms with van der Waals surface area (Å²) in [7, 11) is -3.65. The highest BCUT2D eigenvalue weighted by molar-refractivity contribution is 7.92. The van der Waals surface area contributed by atoms with Gasteiger partial charge in [-0.05, 0) is 45.4 Å². The standard InChI is InChI=1S/C25H32FN3O6S/c1-17(2)27-25(31)18(3)28(15-19-8-5-6-9-21(19)26)24(30)10-7-13-29(36(4,32)33)20-11-12-22-23(14-20)35-16-34-22/h5-6,8-9,11-12,14,17-18H,7,10,13,15-16H2,1-4H3,(H,27,31)/t18-/m0/s1. The van der Waals surface area contributed by atoms with Crippen molar-refractivity contribution in [3.63, 3.8) is 0 Å². The average molecular weight is 522 g/mol. The first-order chi connectivity index (χ1) is 17.0. The lowest BCUT2D eigenvalue weighted by atomic mass is 10.1. The number of anilines is 1. The predicted molar refractivity (Wildman–Crippen MR) is 134 cm³/mol. The summed E-state index contributed by atoms with van der Waals surface area (Å²) in [4.78, 5) is 27.2. The SMILES string of the molecule is CC(C)NC(=O)[C@H](C)N(Cc1ccccc1F)C(=O)CCCN(c1ccc2c(c1)OCO2)S(C)(=O)=O. The number of hydrogen-bond acceptors (Lipinski definition) is 6. The Balaban J connectivity index is 1.74. The Bertz CT molecular complexity index is 1200. The van der Waals surface area contributed by atoms with E-state index in [0.29, 0.717) is 17.2 Å². The van der Waals surface area contributed by atoms with E-state index in [4.69, 9.17) is 9.47 Å². The number of hydrogen-bond donors (Lipinski definition) is 1. The zero-order valence-electron chi connectivity index (χ0n) is 20.9. The number of fused-ring (bicyclic) bond motifs is 1. The van der Waals surface area contributed by atoms with Gasteiger partial charge < -0.3 is 19.7 Å². The minimum Gasteiger partial charge on any atom is -0.454 e. The topological polar surface area (TPSA) is 105 Å². The minimum absolute atomic E-state index is 0.0321. The molecule has 0 saturated heterocycles. The summed E-state index contributed by atoms with van der Waals surface area (Å²) >= 11 is 0. The fourth-order valence-electron chi connectivity index (χ4n) is 3.84. The van der Waals surface area contributed by atoms with Crippen molar-refractivity contribution in [1.82, 2.24) is 10.2 Å². The molecule has 1 heterocycles. The second kappa shape index (κ2) is 11.6. The van der Waals surface area contributed by atoms with Gasteiger partial charge in [-0.1, -0.05) is 18.2 Å². The average Bonchev–Trinajstić information content (AvgIpc) is 3.27. The maximum absolute atomic E-state index is 14.3. The Hall–Kier alpha value is -3.34. The Kier molecular flexibility index (Phi) is 8.78. The van der Waals surface area contributed by atoms with Crippen molar-refractivity contribution in [1.29, 1.82) is 0 Å². The van der Waals surface area contributed by atoms with Crippen LogP contribution in [0.25, 0.3) is 0 Å². The number of ether oxygens (including phenoxy) is 2. The lowest BCUT2D eigenvalue weighted by Gasteiger charge is -2.30. The summed E-state index contributed by atoms with van der Waals surface area (Å²) in [5.41, 5.74) is 0.676. The molecular formula is C25H32FN3O6S. The van der Waals surface area contributed by atoms with Crippen molar-refractivity contribution < 1.29 is 31.9 Å². The minimum atomic E-state index is -3.65. The van der Waals surface area contributed by atoms with Crippen molar-refractivity contribution in [2.75, 3.05) is 23.9 Å². The summed E-state index contributed by atoms with van der Waals surface area (Å²) in [6, 6.07) is 9.92. The molecule has 11 heteroatoms. The van der Waals surface area contributed by atoms with Gasteiger partial charge in [-0.2, -0.15) is 0 Å². The quantitative estimate of drug-likeness (QED) is 0.487. The second-order valence-electron chi connectivity index (χ2n) is 8.93. The molecule has 1 aliphatic rings. The fraction of sp³-hybridized carbons (Fsp3) is 0.440. The second-order valence-corrected chi connectivity index (χ2v) is 10.8. The van der Waals surface area contributed by atoms with Gasteiger partial charge in [0.25, 0.3) is 0 Å². The molecule has 2 aromatic carbocycles. The fourth-order valence-corrected chi connectivity index (χ4v) is 4.80. The van der Waals surface area contributed by atoms with Gasteiger partial charge in [-0.3, -0.25) is 13.9 Å². The van der Waals surface area contributed by atoms with Crippen LogP contribution in [0.2, 0.25) is 0 Å². The van der Waals surface area contributed by atoms with E-state index in [1.807, 2.05) is 13.8 Å². The van der Waals surface area contributed by atoms with Gasteiger partial charge in [0.15, 0.2) is 11.5 Å². The van der Waals surface area contributed by atoms with Crippen molar-refractivity contribution in [3.05, 3.63) is 53.8 Å². The van der Waals surface area contributed by atoms with Gasteiger partial charge in [-0.15, -0.1) is 0 Å². The third-order valence-corrected chi connectivity index (χ3v) is 6.89. The number of sulfonamides is 1. The highest BCUT2D eigenvalue weighted by Crippen LogP contribution is 2.36. The Morgan fingerprint density at radius 2 is 1.78 bits per heavy atom. The molecule has 3 rings (SSSR count). The molecule has 0 bridgehead atoms. The first-order valence-corrected chi connectivity index (χ1v) is 13.5. The molecule has 1 atom stereocenters. The zero-order valence-corrected chi connectivity index (χ0v) is 21.7. The molecule has 1 N–H and O–H groups in total. The lowest BCUT2D eigenvalue weighted by molar-refractivity contribution is -0.140. The van der Waals surface area contributed by atoms with E-state index in [1.165, 1.54) is 15.3 Å². The van der Waals surface area contributed by atoms with E-state index in [9.17, 15) is 22.4 Å². The van der Waals surface area contributed by atoms with E-state index < -0.39 is 21.9 Å². The summed E-state index contributed by atoms with van der Waals surface area (Å²) in [5.74, 6) is -0.243. The van der Waals surface area contributed by atoms with E-state index >= 15 is 0 Å². The van der Waals surface area contributed by atoms with Crippen LogP contribution in [0.1, 0.15) is 39.2 Å². The first-order valence-electron chi connectivity index (χ1n) is 11.7. The molecule has 0 aromatic heterocycles. The molecule has 1 aliphatic heterocycles. The van der Waals surface area contributed by atoms with Gasteiger partial charge in [0.05, 0.1) is 11.9 Å². The van der Waals surface area contributed by atoms with Crippen LogP contribution in [-0.4, -0.2) is 56.8 Å². The van der Waals surface area contributed by atoms with Crippen LogP contribution < -0.4 is 19.1 Å². The predicted octanol–water partition coefficient (Wildman–Crippen LogP) is 3.04. The maximum Gasteiger partial charge on any atom is 0.242 e. The molecule has 9 nitrogen and oxygen atoms in total. The number of nitrogens with one attached hydrogen (secondary N) is 1. The van der Waals surface area contributed by atoms with Gasteiger partial charge in [-0.25, -0.2) is 12.8 Å². The molecule has 0 aliphatic carbocycles. The van der Waals surface area contributed by atoms with Crippen LogP contribution in [-0.2, 0) is 26.2 Å². The molecule has 0 unspecified atom stereocenters. The molecule has 0 saturated carbocycles. The van der Waals surface area contributed by atoms with Gasteiger partial charge >= 0.3 is 0 Å². The summed E-state index contributed by atoms with van der Waals surface area (Å²) in [6.07, 6.45) is 1.24. The number of rotatable bonds is 11. The van der Waals surface area contributed by atoms with Crippen LogP contribution in [0.4, 0.5) is 10.1 Å². The molecule has 2 aromatic rings. The van der Waals surface area contributed by atoms with Gasteiger partial charge in [0, 0.05) is 37.2 Å². The van der Waals surface area contributed by atoms with Gasteiger partial charge in [0.2, 0.25) is 28.6 Å². The van der Waals surface area contributed by atoms with Crippen LogP contribution in [0.3, 0.4) is 0 Å². The Morgan fingerprint density at radius 1 is 1.08 bits per heavy atom. The summed E-state index contributed by atoms with van der Waals surface area (Å²) in [6.45, 7) is 5.21. The Labute approximate surface area is 211 Å². The maximum atomic E-state index is 14.3. The molecule has 0 radical (unpaired) electrons. The van der Waals surface area contributed by atoms with Crippen molar-refractivity contribution >= 4 is 27.5 Å². The van der Waals surface area contributed by atoms with Crippen molar-refractivity contribution in [3.8, 4) is 11.5 Å². The number of benzene rings is 2. The largest absolute Gasteiger partial charge is 0.454 e. The van der Waals surface area contributed by atoms with E-state index in [0.717, 1.165) is 6.26 Å². The van der Waals surface area contributed by atoms with Crippen LogP contribution >= 0.6 is 0 Å². The molecule has 2 amide bonds. The normalized spacial score (nSPS) is 13.4. The van der Waals surface area contributed by atoms with Crippen LogP contribution in [0.5, 0.6) is 11.5 Å². The van der Waals surface area contributed by atoms with Crippen molar-refractivity contribution in [2.24, 2.45) is 0 Å². The number of carbonyl (C=O) groups excluding carboxylic acids is 2. The Morgan fingerprint density at radius 3 is 2.44 bits per heavy atom. The summed E-state index contributed by atoms with van der Waals surface area (Å²) in [5, 5.41) is 2.78. The third-order valence-electron chi connectivity index (χ3n) is 5.69. The number of nitrogens with zero attached hydrogens (tertiary/aromatic N) is 2. The molecule has 196 valence electrons. The molecule has 36 heavy (non-hydrogen) atoms. The smallest absolute Gasteiger partial charge is 0.242 e. The zero-order chi connectivity index (χ0) is 26.5. The number of halogens is 1. The number of amides is 2. The molecule has 0 fully saturated rings. The van der Waals surface area contributed by atoms with Gasteiger partial charge in [0.1, 0.15) is 11.9 Å². The van der Waals surface area contributed by atoms with Crippen LogP contribution in [0.15, 0.2) is 42.5 Å². The van der Waals surface area contributed by atoms with Crippen LogP contribution in [0, 0.1) is 5.82 Å². The lowest BCUT2D eigenvalue weighted by Crippen LogP contribution is -2.49. The third kappa shape index (κ3) is 6.87. The number of carbonyl (C=O) groups is 2. The van der Waals surface area contributed by atoms with E-state index in [2.05, 4.69) is 5.32 Å². The summed E-state index contributed by atoms with van der Waals surface area (Å²) < 4.78 is 51.1. The molecule has 0 spiro atoms. The van der Waals surface area contributed by atoms with E-state index in [-0.39, 0.29) is 56.1 Å². The highest BCUT2D eigenvalue weighted by atomic mass is 32.2. The first kappa shape index (κ1) is 27.3. The highest BCUT2D eigenvalue weighted by Gasteiger charge is 2.28. The van der Waals surface area contributed by atoms with Crippen molar-refractivity contribution in [2.45, 2.75) is 52.2 Å².